The van der Waals surface area contributed by atoms with Gasteiger partial charge >= 0.3 is 0 Å². The van der Waals surface area contributed by atoms with E-state index in [9.17, 15) is 4.79 Å². The van der Waals surface area contributed by atoms with E-state index in [1.807, 2.05) is 38.1 Å². The van der Waals surface area contributed by atoms with Gasteiger partial charge in [0.15, 0.2) is 0 Å². The smallest absolute Gasteiger partial charge is 0.242 e. The second-order valence-electron chi connectivity index (χ2n) is 4.45. The lowest BCUT2D eigenvalue weighted by Crippen LogP contribution is -2.31. The normalized spacial score (nSPS) is 12.1. The number of tetrazole rings is 1. The van der Waals surface area contributed by atoms with E-state index >= 15 is 0 Å². The van der Waals surface area contributed by atoms with E-state index in [0.717, 1.165) is 12.0 Å². The van der Waals surface area contributed by atoms with Gasteiger partial charge in [0, 0.05) is 0 Å². The molecule has 0 fully saturated rings. The number of carbonyl (C=O) groups is 1. The van der Waals surface area contributed by atoms with Crippen molar-refractivity contribution in [3.05, 3.63) is 41.7 Å². The third-order valence-electron chi connectivity index (χ3n) is 2.92. The fraction of sp³-hybridized carbons (Fsp3) is 0.385. The van der Waals surface area contributed by atoms with Gasteiger partial charge in [-0.15, -0.1) is 5.10 Å². The van der Waals surface area contributed by atoms with Crippen molar-refractivity contribution in [2.75, 3.05) is 0 Å². The number of carbonyl (C=O) groups excluding carboxylic acids is 1. The van der Waals surface area contributed by atoms with Gasteiger partial charge in [-0.3, -0.25) is 4.79 Å². The van der Waals surface area contributed by atoms with Crippen molar-refractivity contribution in [3.63, 3.8) is 0 Å². The van der Waals surface area contributed by atoms with Gasteiger partial charge < -0.3 is 5.32 Å². The molecule has 0 saturated heterocycles. The molecule has 6 nitrogen and oxygen atoms in total. The van der Waals surface area contributed by atoms with Crippen LogP contribution in [0.15, 0.2) is 30.6 Å². The highest BCUT2D eigenvalue weighted by Crippen LogP contribution is 2.16. The molecule has 1 amide bonds. The zero-order chi connectivity index (χ0) is 13.7. The monoisotopic (exact) mass is 259 g/mol. The summed E-state index contributed by atoms with van der Waals surface area (Å²) in [5.41, 5.74) is 2.32. The topological polar surface area (TPSA) is 72.7 Å². The largest absolute Gasteiger partial charge is 0.348 e. The van der Waals surface area contributed by atoms with Crippen LogP contribution in [0.4, 0.5) is 0 Å². The lowest BCUT2D eigenvalue weighted by atomic mass is 10.0. The molecule has 0 radical (unpaired) electrons. The summed E-state index contributed by atoms with van der Waals surface area (Å²) < 4.78 is 1.40. The number of aryl methyl sites for hydroxylation is 1. The van der Waals surface area contributed by atoms with Crippen LogP contribution in [-0.4, -0.2) is 26.1 Å². The maximum atomic E-state index is 11.9. The second-order valence-corrected chi connectivity index (χ2v) is 4.45. The molecule has 100 valence electrons. The number of aromatic nitrogens is 4. The molecule has 0 unspecified atom stereocenters. The Morgan fingerprint density at radius 2 is 2.11 bits per heavy atom. The van der Waals surface area contributed by atoms with Crippen molar-refractivity contribution in [2.24, 2.45) is 0 Å². The predicted molar refractivity (Wildman–Crippen MR) is 70.2 cm³/mol. The molecule has 1 aromatic heterocycles. The Morgan fingerprint density at radius 3 is 2.68 bits per heavy atom. The van der Waals surface area contributed by atoms with Gasteiger partial charge in [-0.05, 0) is 29.3 Å². The Kier molecular flexibility index (Phi) is 4.22. The van der Waals surface area contributed by atoms with Crippen LogP contribution in [0.1, 0.15) is 30.5 Å². The molecule has 0 aliphatic carbocycles. The highest BCUT2D eigenvalue weighted by molar-refractivity contribution is 5.76. The Labute approximate surface area is 111 Å². The van der Waals surface area contributed by atoms with Crippen LogP contribution >= 0.6 is 0 Å². The number of nitrogens with zero attached hydrogens (tertiary/aromatic N) is 4. The van der Waals surface area contributed by atoms with Crippen molar-refractivity contribution in [1.29, 1.82) is 0 Å². The first kappa shape index (κ1) is 13.2. The molecule has 19 heavy (non-hydrogen) atoms. The maximum Gasteiger partial charge on any atom is 0.242 e. The molecule has 1 N–H and O–H groups in total. The van der Waals surface area contributed by atoms with E-state index in [0.29, 0.717) is 0 Å². The zero-order valence-electron chi connectivity index (χ0n) is 11.1. The number of amides is 1. The van der Waals surface area contributed by atoms with Crippen LogP contribution in [0.5, 0.6) is 0 Å². The summed E-state index contributed by atoms with van der Waals surface area (Å²) in [5.74, 6) is -0.0975. The van der Waals surface area contributed by atoms with Crippen molar-refractivity contribution in [3.8, 4) is 0 Å². The van der Waals surface area contributed by atoms with Crippen LogP contribution in [0.2, 0.25) is 0 Å². The Bertz CT molecular complexity index is 520. The number of hydrogen-bond acceptors (Lipinski definition) is 4. The highest BCUT2D eigenvalue weighted by Gasteiger charge is 2.13. The van der Waals surface area contributed by atoms with E-state index in [2.05, 4.69) is 20.8 Å². The van der Waals surface area contributed by atoms with Crippen molar-refractivity contribution in [2.45, 2.75) is 32.9 Å². The summed E-state index contributed by atoms with van der Waals surface area (Å²) in [5, 5.41) is 13.6. The summed E-state index contributed by atoms with van der Waals surface area (Å²) in [6.45, 7) is 4.22. The summed E-state index contributed by atoms with van der Waals surface area (Å²) in [6, 6.07) is 8.20. The first-order valence-corrected chi connectivity index (χ1v) is 6.25. The quantitative estimate of drug-likeness (QED) is 0.877. The summed E-state index contributed by atoms with van der Waals surface area (Å²) in [4.78, 5) is 11.9. The number of benzene rings is 1. The second kappa shape index (κ2) is 6.08. The fourth-order valence-corrected chi connectivity index (χ4v) is 1.86. The molecular weight excluding hydrogens is 242 g/mol. The number of nitrogens with one attached hydrogen (secondary N) is 1. The van der Waals surface area contributed by atoms with Gasteiger partial charge in [-0.2, -0.15) is 0 Å². The van der Waals surface area contributed by atoms with Gasteiger partial charge in [0.1, 0.15) is 12.9 Å². The summed E-state index contributed by atoms with van der Waals surface area (Å²) in [7, 11) is 0. The van der Waals surface area contributed by atoms with E-state index in [-0.39, 0.29) is 18.5 Å². The first-order valence-electron chi connectivity index (χ1n) is 6.25. The van der Waals surface area contributed by atoms with Gasteiger partial charge in [-0.25, -0.2) is 4.68 Å². The van der Waals surface area contributed by atoms with Crippen LogP contribution in [-0.2, 0) is 11.3 Å². The molecule has 0 aliphatic rings. The average Bonchev–Trinajstić information content (AvgIpc) is 2.90. The molecule has 0 saturated carbocycles. The van der Waals surface area contributed by atoms with Crippen LogP contribution < -0.4 is 5.32 Å². The summed E-state index contributed by atoms with van der Waals surface area (Å²) in [6.07, 6.45) is 2.26. The predicted octanol–water partition coefficient (Wildman–Crippen LogP) is 1.25. The van der Waals surface area contributed by atoms with E-state index in [1.54, 1.807) is 0 Å². The number of rotatable bonds is 5. The van der Waals surface area contributed by atoms with Gasteiger partial charge in [0.05, 0.1) is 6.04 Å². The molecular formula is C13H17N5O. The molecule has 2 aromatic rings. The van der Waals surface area contributed by atoms with E-state index in [4.69, 9.17) is 0 Å². The molecule has 0 aliphatic heterocycles. The first-order chi connectivity index (χ1) is 9.19. The van der Waals surface area contributed by atoms with Crippen molar-refractivity contribution >= 4 is 5.91 Å². The van der Waals surface area contributed by atoms with E-state index in [1.165, 1.54) is 16.6 Å². The highest BCUT2D eigenvalue weighted by atomic mass is 16.2. The van der Waals surface area contributed by atoms with Crippen molar-refractivity contribution < 1.29 is 4.79 Å². The molecule has 2 rings (SSSR count). The Morgan fingerprint density at radius 1 is 1.37 bits per heavy atom. The minimum absolute atomic E-state index is 0.0181. The third-order valence-corrected chi connectivity index (χ3v) is 2.92. The lowest BCUT2D eigenvalue weighted by molar-refractivity contribution is -0.122. The third kappa shape index (κ3) is 3.61. The minimum atomic E-state index is -0.0975. The Hall–Kier alpha value is -2.24. The molecule has 1 aromatic carbocycles. The molecule has 0 spiro atoms. The van der Waals surface area contributed by atoms with Crippen LogP contribution in [0.25, 0.3) is 0 Å². The fourth-order valence-electron chi connectivity index (χ4n) is 1.86. The average molecular weight is 259 g/mol. The van der Waals surface area contributed by atoms with Gasteiger partial charge in [-0.1, -0.05) is 36.8 Å². The molecule has 0 bridgehead atoms. The van der Waals surface area contributed by atoms with Crippen molar-refractivity contribution in [1.82, 2.24) is 25.5 Å². The van der Waals surface area contributed by atoms with Crippen LogP contribution in [0, 0.1) is 6.92 Å². The Balaban J connectivity index is 1.98. The van der Waals surface area contributed by atoms with Gasteiger partial charge in [0.2, 0.25) is 5.91 Å². The lowest BCUT2D eigenvalue weighted by Gasteiger charge is -2.17. The van der Waals surface area contributed by atoms with Gasteiger partial charge in [0.25, 0.3) is 0 Å². The maximum absolute atomic E-state index is 11.9. The molecule has 1 atom stereocenters. The standard InChI is InChI=1S/C13H17N5O/c1-3-12(11-6-4-10(2)5-7-11)15-13(19)8-18-9-14-16-17-18/h4-7,9,12H,3,8H2,1-2H3,(H,15,19)/t12-/m1/s1. The van der Waals surface area contributed by atoms with Crippen LogP contribution in [0.3, 0.4) is 0 Å². The molecule has 1 heterocycles. The zero-order valence-corrected chi connectivity index (χ0v) is 11.1. The molecule has 6 heteroatoms. The summed E-state index contributed by atoms with van der Waals surface area (Å²) >= 11 is 0. The SMILES string of the molecule is CC[C@@H](NC(=O)Cn1cnnn1)c1ccc(C)cc1. The van der Waals surface area contributed by atoms with E-state index < -0.39 is 0 Å². The number of hydrogen-bond donors (Lipinski definition) is 1. The minimum Gasteiger partial charge on any atom is -0.348 e.